The lowest BCUT2D eigenvalue weighted by molar-refractivity contribution is -0.133. The largest absolute Gasteiger partial charge is 0.450 e. The summed E-state index contributed by atoms with van der Waals surface area (Å²) in [7, 11) is 0. The Morgan fingerprint density at radius 2 is 1.79 bits per heavy atom. The number of ether oxygens (including phenoxy) is 1. The summed E-state index contributed by atoms with van der Waals surface area (Å²) in [6.45, 7) is 6.63. The van der Waals surface area contributed by atoms with E-state index in [1.54, 1.807) is 16.7 Å². The van der Waals surface area contributed by atoms with E-state index < -0.39 is 0 Å². The van der Waals surface area contributed by atoms with E-state index in [0.29, 0.717) is 50.5 Å². The highest BCUT2D eigenvalue weighted by Crippen LogP contribution is 2.18. The number of carbonyl (C=O) groups excluding carboxylic acids is 2. The van der Waals surface area contributed by atoms with E-state index in [2.05, 4.69) is 10.2 Å². The predicted octanol–water partition coefficient (Wildman–Crippen LogP) is 2.61. The van der Waals surface area contributed by atoms with Gasteiger partial charge in [0.2, 0.25) is 5.91 Å². The van der Waals surface area contributed by atoms with E-state index >= 15 is 0 Å². The van der Waals surface area contributed by atoms with Crippen LogP contribution in [0.2, 0.25) is 0 Å². The highest BCUT2D eigenvalue weighted by atomic mass is 32.1. The van der Waals surface area contributed by atoms with Crippen LogP contribution >= 0.6 is 12.2 Å². The summed E-state index contributed by atoms with van der Waals surface area (Å²) in [5.74, 6) is 0.770. The molecule has 2 aromatic rings. The highest BCUT2D eigenvalue weighted by Gasteiger charge is 2.24. The van der Waals surface area contributed by atoms with Crippen LogP contribution in [0.4, 0.5) is 4.79 Å². The zero-order valence-electron chi connectivity index (χ0n) is 16.2. The van der Waals surface area contributed by atoms with Gasteiger partial charge in [0.25, 0.3) is 0 Å². The number of hydrogen-bond acceptors (Lipinski definition) is 5. The fourth-order valence-corrected chi connectivity index (χ4v) is 3.39. The summed E-state index contributed by atoms with van der Waals surface area (Å²) in [5.41, 5.74) is 2.12. The first-order chi connectivity index (χ1) is 13.5. The number of nitrogens with zero attached hydrogens (tertiary/aromatic N) is 4. The highest BCUT2D eigenvalue weighted by molar-refractivity contribution is 7.71. The number of nitrogens with one attached hydrogen (secondary N) is 1. The molecule has 1 N–H and O–H groups in total. The molecule has 3 rings (SSSR count). The van der Waals surface area contributed by atoms with Crippen molar-refractivity contribution in [3.8, 4) is 11.4 Å². The van der Waals surface area contributed by atoms with Gasteiger partial charge in [0.15, 0.2) is 10.6 Å². The van der Waals surface area contributed by atoms with Gasteiger partial charge < -0.3 is 14.5 Å². The van der Waals surface area contributed by atoms with Crippen LogP contribution in [0.15, 0.2) is 24.3 Å². The Morgan fingerprint density at radius 3 is 2.43 bits per heavy atom. The molecular formula is C19H25N5O3S. The van der Waals surface area contributed by atoms with Crippen molar-refractivity contribution in [2.24, 2.45) is 0 Å². The molecule has 0 atom stereocenters. The van der Waals surface area contributed by atoms with Gasteiger partial charge in [-0.15, -0.1) is 0 Å². The van der Waals surface area contributed by atoms with Crippen LogP contribution in [0.3, 0.4) is 0 Å². The van der Waals surface area contributed by atoms with Gasteiger partial charge in [0.1, 0.15) is 0 Å². The Bertz CT molecular complexity index is 882. The Balaban J connectivity index is 1.59. The van der Waals surface area contributed by atoms with Crippen molar-refractivity contribution in [1.82, 2.24) is 24.6 Å². The van der Waals surface area contributed by atoms with Crippen LogP contribution in [0, 0.1) is 11.7 Å². The van der Waals surface area contributed by atoms with Gasteiger partial charge in [-0.05, 0) is 26.1 Å². The third-order valence-corrected chi connectivity index (χ3v) is 5.09. The lowest BCUT2D eigenvalue weighted by Crippen LogP contribution is -2.50. The molecule has 1 aliphatic heterocycles. The Kier molecular flexibility index (Phi) is 6.45. The molecule has 150 valence electrons. The van der Waals surface area contributed by atoms with Crippen molar-refractivity contribution in [3.05, 3.63) is 34.6 Å². The first-order valence-corrected chi connectivity index (χ1v) is 9.82. The van der Waals surface area contributed by atoms with E-state index in [9.17, 15) is 9.59 Å². The minimum atomic E-state index is -0.318. The quantitative estimate of drug-likeness (QED) is 0.776. The molecule has 1 aromatic heterocycles. The molecule has 0 bridgehead atoms. The fourth-order valence-electron chi connectivity index (χ4n) is 3.17. The van der Waals surface area contributed by atoms with E-state index in [-0.39, 0.29) is 12.0 Å². The summed E-state index contributed by atoms with van der Waals surface area (Å²) in [5, 5.41) is 7.13. The maximum atomic E-state index is 12.6. The predicted molar refractivity (Wildman–Crippen MR) is 107 cm³/mol. The molecule has 1 aliphatic rings. The number of amides is 2. The Hall–Kier alpha value is -2.68. The van der Waals surface area contributed by atoms with Crippen LogP contribution in [0.5, 0.6) is 0 Å². The molecule has 8 nitrogen and oxygen atoms in total. The molecular weight excluding hydrogens is 378 g/mol. The van der Waals surface area contributed by atoms with Crippen LogP contribution < -0.4 is 0 Å². The van der Waals surface area contributed by atoms with Gasteiger partial charge in [-0.25, -0.2) is 4.79 Å². The fraction of sp³-hybridized carbons (Fsp3) is 0.474. The Labute approximate surface area is 169 Å². The topological polar surface area (TPSA) is 83.5 Å². The number of carbonyl (C=O) groups is 2. The van der Waals surface area contributed by atoms with E-state index in [4.69, 9.17) is 17.0 Å². The standard InChI is InChI=1S/C19H25N5O3S/c1-3-27-19(26)23-12-10-22(11-13-23)16(25)8-9-24-17(20-21-18(24)28)15-6-4-14(2)5-7-15/h4-7H,3,8-13H2,1-2H3,(H,21,28). The van der Waals surface area contributed by atoms with Crippen LogP contribution in [0.1, 0.15) is 18.9 Å². The molecule has 0 unspecified atom stereocenters. The minimum absolute atomic E-state index is 0.0430. The van der Waals surface area contributed by atoms with Crippen molar-refractivity contribution >= 4 is 24.2 Å². The molecule has 2 amide bonds. The van der Waals surface area contributed by atoms with Gasteiger partial charge in [0.05, 0.1) is 6.61 Å². The van der Waals surface area contributed by atoms with Gasteiger partial charge in [0, 0.05) is 44.7 Å². The van der Waals surface area contributed by atoms with Crippen LogP contribution in [-0.4, -0.2) is 69.4 Å². The summed E-state index contributed by atoms with van der Waals surface area (Å²) in [4.78, 5) is 27.8. The molecule has 0 spiro atoms. The second-order valence-corrected chi connectivity index (χ2v) is 7.07. The number of aromatic nitrogens is 3. The third kappa shape index (κ3) is 4.59. The molecule has 1 fully saturated rings. The number of rotatable bonds is 5. The molecule has 0 aliphatic carbocycles. The lowest BCUT2D eigenvalue weighted by atomic mass is 10.1. The molecule has 1 aromatic carbocycles. The monoisotopic (exact) mass is 403 g/mol. The van der Waals surface area contributed by atoms with Crippen molar-refractivity contribution in [2.45, 2.75) is 26.8 Å². The van der Waals surface area contributed by atoms with Crippen LogP contribution in [0.25, 0.3) is 11.4 Å². The van der Waals surface area contributed by atoms with E-state index in [1.165, 1.54) is 5.56 Å². The van der Waals surface area contributed by atoms with Crippen molar-refractivity contribution in [2.75, 3.05) is 32.8 Å². The smallest absolute Gasteiger partial charge is 0.409 e. The number of hydrogen-bond donors (Lipinski definition) is 1. The number of H-pyrrole nitrogens is 1. The average Bonchev–Trinajstić information content (AvgIpc) is 3.07. The minimum Gasteiger partial charge on any atom is -0.450 e. The first-order valence-electron chi connectivity index (χ1n) is 9.41. The molecule has 9 heteroatoms. The second-order valence-electron chi connectivity index (χ2n) is 6.69. The molecule has 1 saturated heterocycles. The Morgan fingerprint density at radius 1 is 1.14 bits per heavy atom. The van der Waals surface area contributed by atoms with Crippen LogP contribution in [-0.2, 0) is 16.1 Å². The number of aryl methyl sites for hydroxylation is 1. The normalized spacial score (nSPS) is 14.2. The zero-order chi connectivity index (χ0) is 20.1. The summed E-state index contributed by atoms with van der Waals surface area (Å²) in [6.07, 6.45) is 0.00795. The summed E-state index contributed by atoms with van der Waals surface area (Å²) >= 11 is 5.34. The SMILES string of the molecule is CCOC(=O)N1CCN(C(=O)CCn2c(-c3ccc(C)cc3)n[nH]c2=S)CC1. The molecule has 0 saturated carbocycles. The molecule has 2 heterocycles. The lowest BCUT2D eigenvalue weighted by Gasteiger charge is -2.34. The van der Waals surface area contributed by atoms with Crippen molar-refractivity contribution in [1.29, 1.82) is 0 Å². The molecule has 0 radical (unpaired) electrons. The maximum absolute atomic E-state index is 12.6. The van der Waals surface area contributed by atoms with Gasteiger partial charge in [-0.1, -0.05) is 29.8 Å². The average molecular weight is 404 g/mol. The number of piperazine rings is 1. The maximum Gasteiger partial charge on any atom is 0.409 e. The van der Waals surface area contributed by atoms with E-state index in [1.807, 2.05) is 35.8 Å². The number of benzene rings is 1. The second kappa shape index (κ2) is 9.01. The first kappa shape index (κ1) is 20.1. The molecule has 28 heavy (non-hydrogen) atoms. The van der Waals surface area contributed by atoms with Crippen molar-refractivity contribution < 1.29 is 14.3 Å². The zero-order valence-corrected chi connectivity index (χ0v) is 17.0. The van der Waals surface area contributed by atoms with Gasteiger partial charge in [-0.2, -0.15) is 5.10 Å². The van der Waals surface area contributed by atoms with E-state index in [0.717, 1.165) is 11.4 Å². The van der Waals surface area contributed by atoms with Gasteiger partial charge in [-0.3, -0.25) is 14.5 Å². The number of aromatic amines is 1. The summed E-state index contributed by atoms with van der Waals surface area (Å²) in [6, 6.07) is 8.03. The summed E-state index contributed by atoms with van der Waals surface area (Å²) < 4.78 is 7.36. The third-order valence-electron chi connectivity index (χ3n) is 4.78. The van der Waals surface area contributed by atoms with Crippen molar-refractivity contribution in [3.63, 3.8) is 0 Å². The van der Waals surface area contributed by atoms with Gasteiger partial charge >= 0.3 is 6.09 Å².